The van der Waals surface area contributed by atoms with Gasteiger partial charge in [-0.3, -0.25) is 9.59 Å². The molecule has 0 aliphatic rings. The monoisotopic (exact) mass is 683 g/mol. The molecular formula is C41H78O7. The molecule has 0 saturated heterocycles. The topological polar surface area (TPSA) is 113 Å². The van der Waals surface area contributed by atoms with Gasteiger partial charge in [0.25, 0.3) is 0 Å². The summed E-state index contributed by atoms with van der Waals surface area (Å²) in [6, 6.07) is 0. The molecular weight excluding hydrogens is 604 g/mol. The molecule has 7 heteroatoms. The fourth-order valence-electron chi connectivity index (χ4n) is 5.94. The molecule has 0 aromatic rings. The maximum atomic E-state index is 12.2. The van der Waals surface area contributed by atoms with Crippen molar-refractivity contribution in [1.82, 2.24) is 0 Å². The van der Waals surface area contributed by atoms with E-state index in [-0.39, 0.29) is 31.6 Å². The van der Waals surface area contributed by atoms with Crippen molar-refractivity contribution in [3.05, 3.63) is 12.2 Å². The molecule has 48 heavy (non-hydrogen) atoms. The van der Waals surface area contributed by atoms with E-state index < -0.39 is 18.3 Å². The quantitative estimate of drug-likeness (QED) is 0.0342. The second-order valence-corrected chi connectivity index (χ2v) is 14.5. The highest BCUT2D eigenvalue weighted by atomic mass is 16.6. The van der Waals surface area contributed by atoms with Crippen molar-refractivity contribution in [3.8, 4) is 0 Å². The fourth-order valence-corrected chi connectivity index (χ4v) is 5.94. The summed E-state index contributed by atoms with van der Waals surface area (Å²) in [5.74, 6) is 0.147. The summed E-state index contributed by atoms with van der Waals surface area (Å²) in [5, 5.41) is 29.8. The number of carbonyl (C=O) groups is 2. The lowest BCUT2D eigenvalue weighted by Gasteiger charge is -2.16. The molecule has 0 aliphatic heterocycles. The fraction of sp³-hybridized carbons (Fsp3) is 0.902. The first kappa shape index (κ1) is 46.6. The Bertz CT molecular complexity index is 738. The highest BCUT2D eigenvalue weighted by Crippen LogP contribution is 2.16. The second kappa shape index (κ2) is 35.4. The van der Waals surface area contributed by atoms with Crippen molar-refractivity contribution in [2.75, 3.05) is 13.2 Å². The second-order valence-electron chi connectivity index (χ2n) is 14.5. The molecule has 284 valence electrons. The van der Waals surface area contributed by atoms with E-state index in [0.29, 0.717) is 25.7 Å². The van der Waals surface area contributed by atoms with Gasteiger partial charge in [0.05, 0.1) is 18.8 Å². The Balaban J connectivity index is 3.64. The Morgan fingerprint density at radius 2 is 1.06 bits per heavy atom. The van der Waals surface area contributed by atoms with Crippen molar-refractivity contribution >= 4 is 11.9 Å². The van der Waals surface area contributed by atoms with Gasteiger partial charge in [-0.25, -0.2) is 0 Å². The van der Waals surface area contributed by atoms with E-state index in [0.717, 1.165) is 57.3 Å². The van der Waals surface area contributed by atoms with Crippen LogP contribution in [0.3, 0.4) is 0 Å². The van der Waals surface area contributed by atoms with Crippen LogP contribution in [0.1, 0.15) is 201 Å². The van der Waals surface area contributed by atoms with Crippen LogP contribution in [-0.2, 0) is 19.1 Å². The number of unbranched alkanes of at least 4 members (excludes halogenated alkanes) is 20. The minimum atomic E-state index is -0.815. The summed E-state index contributed by atoms with van der Waals surface area (Å²) in [7, 11) is 0. The van der Waals surface area contributed by atoms with Crippen LogP contribution >= 0.6 is 0 Å². The number of hydrogen-bond acceptors (Lipinski definition) is 7. The summed E-state index contributed by atoms with van der Waals surface area (Å²) in [4.78, 5) is 24.3. The van der Waals surface area contributed by atoms with Gasteiger partial charge in [0.2, 0.25) is 0 Å². The van der Waals surface area contributed by atoms with Crippen molar-refractivity contribution in [2.24, 2.45) is 5.92 Å². The minimum absolute atomic E-state index is 0.118. The molecule has 3 N–H and O–H groups in total. The summed E-state index contributed by atoms with van der Waals surface area (Å²) < 4.78 is 10.6. The van der Waals surface area contributed by atoms with Crippen LogP contribution in [0, 0.1) is 5.92 Å². The molecule has 0 amide bonds. The van der Waals surface area contributed by atoms with Crippen molar-refractivity contribution in [2.45, 2.75) is 219 Å². The van der Waals surface area contributed by atoms with Crippen LogP contribution in [0.25, 0.3) is 0 Å². The molecule has 0 fully saturated rings. The zero-order chi connectivity index (χ0) is 35.5. The summed E-state index contributed by atoms with van der Waals surface area (Å²) in [6.45, 7) is 6.31. The summed E-state index contributed by atoms with van der Waals surface area (Å²) in [6.07, 6.45) is 31.6. The molecule has 0 radical (unpaired) electrons. The SMILES string of the molecule is CCCCC/C=C\C[C@@H](O)[C@H](O)CCCCCCCC(=O)OC[C@H](CO)OC(=O)CCCCCCCCCCCCCCCCC(C)C. The molecule has 0 saturated carbocycles. The molecule has 0 heterocycles. The predicted molar refractivity (Wildman–Crippen MR) is 199 cm³/mol. The van der Waals surface area contributed by atoms with Crippen LogP contribution in [0.4, 0.5) is 0 Å². The zero-order valence-electron chi connectivity index (χ0n) is 31.7. The molecule has 0 rings (SSSR count). The van der Waals surface area contributed by atoms with Gasteiger partial charge in [0.15, 0.2) is 6.10 Å². The number of ether oxygens (including phenoxy) is 2. The van der Waals surface area contributed by atoms with E-state index in [1.807, 2.05) is 6.08 Å². The number of hydrogen-bond donors (Lipinski definition) is 3. The van der Waals surface area contributed by atoms with Crippen LogP contribution < -0.4 is 0 Å². The molecule has 0 aromatic carbocycles. The first-order chi connectivity index (χ1) is 23.3. The van der Waals surface area contributed by atoms with Gasteiger partial charge >= 0.3 is 11.9 Å². The molecule has 0 unspecified atom stereocenters. The molecule has 3 atom stereocenters. The van der Waals surface area contributed by atoms with Gasteiger partial charge < -0.3 is 24.8 Å². The van der Waals surface area contributed by atoms with Crippen LogP contribution in [0.2, 0.25) is 0 Å². The number of carbonyl (C=O) groups excluding carboxylic acids is 2. The Morgan fingerprint density at radius 3 is 1.56 bits per heavy atom. The van der Waals surface area contributed by atoms with Gasteiger partial charge in [-0.05, 0) is 44.4 Å². The number of rotatable bonds is 36. The largest absolute Gasteiger partial charge is 0.462 e. The van der Waals surface area contributed by atoms with Crippen LogP contribution in [0.5, 0.6) is 0 Å². The van der Waals surface area contributed by atoms with Crippen molar-refractivity contribution < 1.29 is 34.4 Å². The van der Waals surface area contributed by atoms with Gasteiger partial charge in [-0.15, -0.1) is 0 Å². The van der Waals surface area contributed by atoms with E-state index >= 15 is 0 Å². The smallest absolute Gasteiger partial charge is 0.306 e. The Labute approximate surface area is 296 Å². The number of aliphatic hydroxyl groups is 3. The van der Waals surface area contributed by atoms with Crippen molar-refractivity contribution in [3.63, 3.8) is 0 Å². The molecule has 0 bridgehead atoms. The lowest BCUT2D eigenvalue weighted by atomic mass is 10.0. The Morgan fingerprint density at radius 1 is 0.583 bits per heavy atom. The Kier molecular flexibility index (Phi) is 34.3. The first-order valence-corrected chi connectivity index (χ1v) is 20.3. The molecule has 7 nitrogen and oxygen atoms in total. The van der Waals surface area contributed by atoms with Gasteiger partial charge in [0, 0.05) is 12.8 Å². The normalized spacial score (nSPS) is 13.6. The third kappa shape index (κ3) is 33.1. The average Bonchev–Trinajstić information content (AvgIpc) is 3.07. The van der Waals surface area contributed by atoms with Gasteiger partial charge in [0.1, 0.15) is 6.61 Å². The van der Waals surface area contributed by atoms with E-state index in [9.17, 15) is 24.9 Å². The van der Waals surface area contributed by atoms with Crippen molar-refractivity contribution in [1.29, 1.82) is 0 Å². The molecule has 0 aliphatic carbocycles. The van der Waals surface area contributed by atoms with Crippen LogP contribution in [-0.4, -0.2) is 58.8 Å². The lowest BCUT2D eigenvalue weighted by molar-refractivity contribution is -0.161. The number of allylic oxidation sites excluding steroid dienone is 1. The van der Waals surface area contributed by atoms with E-state index in [1.165, 1.54) is 96.3 Å². The highest BCUT2D eigenvalue weighted by Gasteiger charge is 2.16. The zero-order valence-corrected chi connectivity index (χ0v) is 31.7. The summed E-state index contributed by atoms with van der Waals surface area (Å²) in [5.41, 5.74) is 0. The third-order valence-electron chi connectivity index (χ3n) is 9.19. The number of esters is 2. The molecule has 0 spiro atoms. The minimum Gasteiger partial charge on any atom is -0.462 e. The third-order valence-corrected chi connectivity index (χ3v) is 9.19. The van der Waals surface area contributed by atoms with E-state index in [4.69, 9.17) is 9.47 Å². The lowest BCUT2D eigenvalue weighted by Crippen LogP contribution is -2.28. The van der Waals surface area contributed by atoms with Crippen LogP contribution in [0.15, 0.2) is 12.2 Å². The average molecular weight is 683 g/mol. The molecule has 0 aromatic heterocycles. The highest BCUT2D eigenvalue weighted by molar-refractivity contribution is 5.70. The number of aliphatic hydroxyl groups excluding tert-OH is 3. The van der Waals surface area contributed by atoms with E-state index in [1.54, 1.807) is 0 Å². The summed E-state index contributed by atoms with van der Waals surface area (Å²) >= 11 is 0. The van der Waals surface area contributed by atoms with Gasteiger partial charge in [-0.1, -0.05) is 161 Å². The first-order valence-electron chi connectivity index (χ1n) is 20.3. The maximum absolute atomic E-state index is 12.2. The van der Waals surface area contributed by atoms with Gasteiger partial charge in [-0.2, -0.15) is 0 Å². The predicted octanol–water partition coefficient (Wildman–Crippen LogP) is 10.3. The standard InChI is InChI=1S/C41H78O7/c1-4-5-6-7-20-25-30-38(43)39(44)31-26-21-18-23-27-32-40(45)47-35-37(34-42)48-41(46)33-28-22-17-15-13-11-9-8-10-12-14-16-19-24-29-36(2)3/h20,25,36-39,42-44H,4-19,21-24,26-35H2,1-3H3/b25-20-/t37-,38+,39+/m0/s1. The maximum Gasteiger partial charge on any atom is 0.306 e. The van der Waals surface area contributed by atoms with E-state index in [2.05, 4.69) is 26.8 Å². The Hall–Kier alpha value is -1.44.